The molecule has 17 heavy (non-hydrogen) atoms. The maximum Gasteiger partial charge on any atom is 0.166 e. The predicted molar refractivity (Wildman–Crippen MR) is 69.3 cm³/mol. The number of Topliss-reactive ketones (excluding diaryl/α,β-unsaturated/α-hetero) is 2. The van der Waals surface area contributed by atoms with E-state index in [0.717, 1.165) is 0 Å². The second-order valence-corrected chi connectivity index (χ2v) is 4.95. The standard InChI is InChI=1S/C15H20O2/c1-10(2)13-5-7-14(8-6-13)15(17)11(3)9-12(4)16/h5-8,10-11H,9H2,1-4H3. The van der Waals surface area contributed by atoms with Gasteiger partial charge in [0.1, 0.15) is 5.78 Å². The lowest BCUT2D eigenvalue weighted by molar-refractivity contribution is -0.117. The van der Waals surface area contributed by atoms with Crippen molar-refractivity contribution >= 4 is 11.6 Å². The molecule has 0 amide bonds. The fourth-order valence-electron chi connectivity index (χ4n) is 1.84. The predicted octanol–water partition coefficient (Wildman–Crippen LogP) is 3.61. The van der Waals surface area contributed by atoms with Crippen LogP contribution in [0.15, 0.2) is 24.3 Å². The minimum atomic E-state index is -0.225. The summed E-state index contributed by atoms with van der Waals surface area (Å²) >= 11 is 0. The second kappa shape index (κ2) is 5.76. The van der Waals surface area contributed by atoms with Gasteiger partial charge >= 0.3 is 0 Å². The van der Waals surface area contributed by atoms with Crippen LogP contribution in [0, 0.1) is 5.92 Å². The van der Waals surface area contributed by atoms with Crippen LogP contribution < -0.4 is 0 Å². The van der Waals surface area contributed by atoms with Crippen LogP contribution in [0.4, 0.5) is 0 Å². The van der Waals surface area contributed by atoms with Crippen molar-refractivity contribution in [3.8, 4) is 0 Å². The molecule has 1 atom stereocenters. The zero-order valence-electron chi connectivity index (χ0n) is 11.0. The Kier molecular flexibility index (Phi) is 4.62. The van der Waals surface area contributed by atoms with Crippen molar-refractivity contribution in [2.75, 3.05) is 0 Å². The normalized spacial score (nSPS) is 12.5. The van der Waals surface area contributed by atoms with E-state index in [0.29, 0.717) is 17.9 Å². The topological polar surface area (TPSA) is 34.1 Å². The number of benzene rings is 1. The van der Waals surface area contributed by atoms with Gasteiger partial charge in [-0.05, 0) is 18.4 Å². The largest absolute Gasteiger partial charge is 0.300 e. The van der Waals surface area contributed by atoms with E-state index in [-0.39, 0.29) is 17.5 Å². The number of carbonyl (C=O) groups excluding carboxylic acids is 2. The van der Waals surface area contributed by atoms with Crippen LogP contribution in [-0.2, 0) is 4.79 Å². The summed E-state index contributed by atoms with van der Waals surface area (Å²) in [4.78, 5) is 23.0. The Morgan fingerprint density at radius 1 is 1.06 bits per heavy atom. The van der Waals surface area contributed by atoms with E-state index in [1.54, 1.807) is 6.92 Å². The minimum absolute atomic E-state index is 0.0514. The summed E-state index contributed by atoms with van der Waals surface area (Å²) in [6, 6.07) is 7.68. The molecule has 0 heterocycles. The Labute approximate surface area is 103 Å². The van der Waals surface area contributed by atoms with Crippen molar-refractivity contribution in [3.63, 3.8) is 0 Å². The van der Waals surface area contributed by atoms with E-state index < -0.39 is 0 Å². The monoisotopic (exact) mass is 232 g/mol. The zero-order chi connectivity index (χ0) is 13.0. The molecule has 1 rings (SSSR count). The van der Waals surface area contributed by atoms with Crippen LogP contribution >= 0.6 is 0 Å². The zero-order valence-corrected chi connectivity index (χ0v) is 11.0. The van der Waals surface area contributed by atoms with Gasteiger partial charge in [-0.15, -0.1) is 0 Å². The average molecular weight is 232 g/mol. The van der Waals surface area contributed by atoms with Gasteiger partial charge in [-0.2, -0.15) is 0 Å². The van der Waals surface area contributed by atoms with E-state index in [1.807, 2.05) is 24.3 Å². The molecule has 0 saturated carbocycles. The van der Waals surface area contributed by atoms with Gasteiger partial charge in [-0.1, -0.05) is 45.0 Å². The van der Waals surface area contributed by atoms with E-state index in [4.69, 9.17) is 0 Å². The van der Waals surface area contributed by atoms with Crippen molar-refractivity contribution in [1.29, 1.82) is 0 Å². The number of hydrogen-bond donors (Lipinski definition) is 0. The summed E-state index contributed by atoms with van der Waals surface area (Å²) in [6.45, 7) is 7.57. The van der Waals surface area contributed by atoms with Gasteiger partial charge in [0.2, 0.25) is 0 Å². The van der Waals surface area contributed by atoms with Crippen molar-refractivity contribution in [2.45, 2.75) is 40.0 Å². The molecule has 0 aliphatic carbocycles. The first kappa shape index (κ1) is 13.6. The summed E-state index contributed by atoms with van der Waals surface area (Å²) in [5, 5.41) is 0. The van der Waals surface area contributed by atoms with Gasteiger partial charge in [0, 0.05) is 17.9 Å². The van der Waals surface area contributed by atoms with E-state index in [9.17, 15) is 9.59 Å². The summed E-state index contributed by atoms with van der Waals surface area (Å²) in [7, 11) is 0. The van der Waals surface area contributed by atoms with E-state index >= 15 is 0 Å². The maximum atomic E-state index is 12.0. The molecule has 0 fully saturated rings. The lowest BCUT2D eigenvalue weighted by Gasteiger charge is -2.10. The molecule has 0 saturated heterocycles. The molecule has 2 heteroatoms. The molecule has 92 valence electrons. The molecule has 0 bridgehead atoms. The molecule has 1 unspecified atom stereocenters. The number of hydrogen-bond acceptors (Lipinski definition) is 2. The molecular formula is C15H20O2. The molecule has 2 nitrogen and oxygen atoms in total. The summed E-state index contributed by atoms with van der Waals surface area (Å²) in [5.74, 6) is 0.353. The Balaban J connectivity index is 2.79. The molecular weight excluding hydrogens is 212 g/mol. The number of carbonyl (C=O) groups is 2. The Morgan fingerprint density at radius 3 is 2.00 bits per heavy atom. The van der Waals surface area contributed by atoms with E-state index in [2.05, 4.69) is 13.8 Å². The molecule has 0 N–H and O–H groups in total. The first-order valence-corrected chi connectivity index (χ1v) is 6.05. The molecule has 1 aromatic rings. The van der Waals surface area contributed by atoms with Crippen molar-refractivity contribution < 1.29 is 9.59 Å². The Bertz CT molecular complexity index is 401. The van der Waals surface area contributed by atoms with Gasteiger partial charge in [-0.25, -0.2) is 0 Å². The Morgan fingerprint density at radius 2 is 1.59 bits per heavy atom. The SMILES string of the molecule is CC(=O)CC(C)C(=O)c1ccc(C(C)C)cc1. The quantitative estimate of drug-likeness (QED) is 0.727. The highest BCUT2D eigenvalue weighted by atomic mass is 16.1. The van der Waals surface area contributed by atoms with Gasteiger partial charge in [0.15, 0.2) is 5.78 Å². The Hall–Kier alpha value is -1.44. The first-order chi connectivity index (χ1) is 7.91. The van der Waals surface area contributed by atoms with Gasteiger partial charge in [0.05, 0.1) is 0 Å². The first-order valence-electron chi connectivity index (χ1n) is 6.05. The van der Waals surface area contributed by atoms with Gasteiger partial charge in [0.25, 0.3) is 0 Å². The third-order valence-corrected chi connectivity index (χ3v) is 2.90. The molecule has 0 aliphatic heterocycles. The molecule has 0 spiro atoms. The molecule has 0 radical (unpaired) electrons. The highest BCUT2D eigenvalue weighted by Crippen LogP contribution is 2.17. The third-order valence-electron chi connectivity index (χ3n) is 2.90. The second-order valence-electron chi connectivity index (χ2n) is 4.95. The lowest BCUT2D eigenvalue weighted by atomic mass is 9.93. The van der Waals surface area contributed by atoms with Gasteiger partial charge < -0.3 is 4.79 Å². The third kappa shape index (κ3) is 3.81. The van der Waals surface area contributed by atoms with Crippen molar-refractivity contribution in [3.05, 3.63) is 35.4 Å². The minimum Gasteiger partial charge on any atom is -0.300 e. The maximum absolute atomic E-state index is 12.0. The highest BCUT2D eigenvalue weighted by molar-refractivity contribution is 5.99. The smallest absolute Gasteiger partial charge is 0.166 e. The van der Waals surface area contributed by atoms with Crippen LogP contribution in [0.5, 0.6) is 0 Å². The van der Waals surface area contributed by atoms with Crippen molar-refractivity contribution in [1.82, 2.24) is 0 Å². The summed E-state index contributed by atoms with van der Waals surface area (Å²) in [5.41, 5.74) is 1.92. The lowest BCUT2D eigenvalue weighted by Crippen LogP contribution is -2.14. The molecule has 1 aromatic carbocycles. The van der Waals surface area contributed by atoms with Crippen LogP contribution in [0.25, 0.3) is 0 Å². The molecule has 0 aliphatic rings. The highest BCUT2D eigenvalue weighted by Gasteiger charge is 2.16. The summed E-state index contributed by atoms with van der Waals surface area (Å²) < 4.78 is 0. The fraction of sp³-hybridized carbons (Fsp3) is 0.467. The number of ketones is 2. The van der Waals surface area contributed by atoms with Gasteiger partial charge in [-0.3, -0.25) is 4.79 Å². The molecule has 0 aromatic heterocycles. The number of rotatable bonds is 5. The van der Waals surface area contributed by atoms with E-state index in [1.165, 1.54) is 12.5 Å². The van der Waals surface area contributed by atoms with Crippen LogP contribution in [0.2, 0.25) is 0 Å². The van der Waals surface area contributed by atoms with Crippen LogP contribution in [0.3, 0.4) is 0 Å². The fourth-order valence-corrected chi connectivity index (χ4v) is 1.84. The van der Waals surface area contributed by atoms with Crippen molar-refractivity contribution in [2.24, 2.45) is 5.92 Å². The van der Waals surface area contributed by atoms with Crippen LogP contribution in [-0.4, -0.2) is 11.6 Å². The van der Waals surface area contributed by atoms with Crippen LogP contribution in [0.1, 0.15) is 56.0 Å². The summed E-state index contributed by atoms with van der Waals surface area (Å²) in [6.07, 6.45) is 0.324. The average Bonchev–Trinajstić information content (AvgIpc) is 2.27.